The minimum Gasteiger partial charge on any atom is -0.496 e. The van der Waals surface area contributed by atoms with E-state index >= 15 is 0 Å². The molecule has 0 unspecified atom stereocenters. The Morgan fingerprint density at radius 3 is 1.53 bits per heavy atom. The molecule has 0 fully saturated rings. The smallest absolute Gasteiger partial charge is 0.455 e. The monoisotopic (exact) mass is 460 g/mol. The highest BCUT2D eigenvalue weighted by Gasteiger charge is 2.62. The Labute approximate surface area is 164 Å². The second-order valence-electron chi connectivity index (χ2n) is 6.14. The number of benzene rings is 1. The third-order valence-electron chi connectivity index (χ3n) is 3.94. The SMILES string of the molecule is COc1cc(N(CC(F)(F)C(F)(F)F)CC(F)(F)C(F)(F)F)c(OC)cc1CCN. The Balaban J connectivity index is 3.61. The fraction of sp³-hybridized carbons (Fsp3) is 0.625. The summed E-state index contributed by atoms with van der Waals surface area (Å²) in [5.41, 5.74) is 4.78. The molecule has 30 heavy (non-hydrogen) atoms. The molecule has 0 spiro atoms. The molecule has 0 aromatic heterocycles. The number of hydrogen-bond donors (Lipinski definition) is 1. The molecule has 14 heteroatoms. The maximum absolute atomic E-state index is 13.6. The quantitative estimate of drug-likeness (QED) is 0.555. The third kappa shape index (κ3) is 5.73. The molecule has 1 aromatic carbocycles. The van der Waals surface area contributed by atoms with Crippen molar-refractivity contribution in [3.63, 3.8) is 0 Å². The van der Waals surface area contributed by atoms with Crippen LogP contribution in [0, 0.1) is 0 Å². The molecule has 0 aliphatic heterocycles. The number of nitrogens with zero attached hydrogens (tertiary/aromatic N) is 1. The van der Waals surface area contributed by atoms with Crippen LogP contribution in [0.25, 0.3) is 0 Å². The summed E-state index contributed by atoms with van der Waals surface area (Å²) in [6.45, 7) is -4.99. The van der Waals surface area contributed by atoms with E-state index in [0.29, 0.717) is 0 Å². The van der Waals surface area contributed by atoms with E-state index in [2.05, 4.69) is 0 Å². The summed E-state index contributed by atoms with van der Waals surface area (Å²) in [6.07, 6.45) is -12.3. The van der Waals surface area contributed by atoms with E-state index < -0.39 is 53.6 Å². The van der Waals surface area contributed by atoms with Crippen LogP contribution < -0.4 is 20.1 Å². The van der Waals surface area contributed by atoms with E-state index in [1.165, 1.54) is 0 Å². The average Bonchev–Trinajstić information content (AvgIpc) is 2.58. The summed E-state index contributed by atoms with van der Waals surface area (Å²) in [4.78, 5) is -0.436. The molecule has 174 valence electrons. The Morgan fingerprint density at radius 2 is 1.20 bits per heavy atom. The van der Waals surface area contributed by atoms with E-state index in [4.69, 9.17) is 15.2 Å². The van der Waals surface area contributed by atoms with Gasteiger partial charge in [0.15, 0.2) is 0 Å². The molecule has 0 aliphatic rings. The predicted octanol–water partition coefficient (Wildman–Crippen LogP) is 4.41. The molecule has 0 saturated heterocycles. The van der Waals surface area contributed by atoms with Crippen molar-refractivity contribution in [1.82, 2.24) is 0 Å². The zero-order valence-electron chi connectivity index (χ0n) is 15.6. The molecule has 0 atom stereocenters. The number of hydrogen-bond acceptors (Lipinski definition) is 4. The minimum atomic E-state index is -6.20. The van der Waals surface area contributed by atoms with Gasteiger partial charge in [0.1, 0.15) is 11.5 Å². The minimum absolute atomic E-state index is 0.0425. The lowest BCUT2D eigenvalue weighted by molar-refractivity contribution is -0.285. The standard InChI is InChI=1S/C16H18F10N2O2/c1-29-11-6-10(12(30-2)5-9(11)3-4-27)28(7-13(17,18)15(21,22)23)8-14(19,20)16(24,25)26/h5-6H,3-4,7-8,27H2,1-2H3. The normalized spacial score (nSPS) is 13.4. The van der Waals surface area contributed by atoms with Crippen LogP contribution in [0.15, 0.2) is 12.1 Å². The van der Waals surface area contributed by atoms with Crippen molar-refractivity contribution < 1.29 is 53.4 Å². The number of anilines is 1. The van der Waals surface area contributed by atoms with Crippen molar-refractivity contribution in [3.8, 4) is 11.5 Å². The van der Waals surface area contributed by atoms with Crippen molar-refractivity contribution in [1.29, 1.82) is 0 Å². The van der Waals surface area contributed by atoms with Crippen LogP contribution >= 0.6 is 0 Å². The molecule has 2 N–H and O–H groups in total. The van der Waals surface area contributed by atoms with Crippen molar-refractivity contribution >= 4 is 5.69 Å². The predicted molar refractivity (Wildman–Crippen MR) is 86.5 cm³/mol. The second-order valence-corrected chi connectivity index (χ2v) is 6.14. The van der Waals surface area contributed by atoms with Crippen molar-refractivity contribution in [2.75, 3.05) is 38.8 Å². The van der Waals surface area contributed by atoms with Crippen molar-refractivity contribution in [3.05, 3.63) is 17.7 Å². The van der Waals surface area contributed by atoms with Crippen LogP contribution in [-0.4, -0.2) is 58.1 Å². The van der Waals surface area contributed by atoms with E-state index in [1.54, 1.807) is 0 Å². The molecular formula is C16H18F10N2O2. The van der Waals surface area contributed by atoms with Gasteiger partial charge in [-0.05, 0) is 24.6 Å². The van der Waals surface area contributed by atoms with Gasteiger partial charge in [-0.25, -0.2) is 0 Å². The average molecular weight is 460 g/mol. The first kappa shape index (κ1) is 25.9. The zero-order chi connectivity index (χ0) is 23.5. The van der Waals surface area contributed by atoms with Gasteiger partial charge in [-0.3, -0.25) is 0 Å². The number of alkyl halides is 10. The number of rotatable bonds is 9. The first-order valence-corrected chi connectivity index (χ1v) is 8.09. The van der Waals surface area contributed by atoms with Crippen LogP contribution in [0.4, 0.5) is 49.6 Å². The van der Waals surface area contributed by atoms with Gasteiger partial charge in [-0.2, -0.15) is 43.9 Å². The highest BCUT2D eigenvalue weighted by atomic mass is 19.4. The Hall–Kier alpha value is -2.12. The number of methoxy groups -OCH3 is 2. The summed E-state index contributed by atoms with van der Waals surface area (Å²) in [6, 6.07) is 1.79. The van der Waals surface area contributed by atoms with Crippen LogP contribution in [0.3, 0.4) is 0 Å². The summed E-state index contributed by atoms with van der Waals surface area (Å²) in [5.74, 6) is -11.9. The molecule has 0 bridgehead atoms. The van der Waals surface area contributed by atoms with E-state index in [1.807, 2.05) is 0 Å². The summed E-state index contributed by atoms with van der Waals surface area (Å²) in [7, 11) is 2.00. The summed E-state index contributed by atoms with van der Waals surface area (Å²) >= 11 is 0. The lowest BCUT2D eigenvalue weighted by atomic mass is 10.1. The zero-order valence-corrected chi connectivity index (χ0v) is 15.6. The van der Waals surface area contributed by atoms with Crippen molar-refractivity contribution in [2.24, 2.45) is 5.73 Å². The van der Waals surface area contributed by atoms with Gasteiger partial charge in [0.05, 0.1) is 33.0 Å². The van der Waals surface area contributed by atoms with E-state index in [0.717, 1.165) is 26.4 Å². The number of halogens is 10. The molecule has 0 amide bonds. The molecule has 0 aliphatic carbocycles. The highest BCUT2D eigenvalue weighted by Crippen LogP contribution is 2.44. The molecule has 1 rings (SSSR count). The van der Waals surface area contributed by atoms with Crippen molar-refractivity contribution in [2.45, 2.75) is 30.6 Å². The van der Waals surface area contributed by atoms with Crippen LogP contribution in [0.1, 0.15) is 5.56 Å². The topological polar surface area (TPSA) is 47.7 Å². The fourth-order valence-electron chi connectivity index (χ4n) is 2.43. The summed E-state index contributed by atoms with van der Waals surface area (Å²) in [5, 5.41) is 0. The molecule has 0 radical (unpaired) electrons. The lowest BCUT2D eigenvalue weighted by Crippen LogP contribution is -2.53. The number of nitrogens with two attached hydrogens (primary N) is 1. The van der Waals surface area contributed by atoms with Crippen LogP contribution in [0.2, 0.25) is 0 Å². The third-order valence-corrected chi connectivity index (χ3v) is 3.94. The fourth-order valence-corrected chi connectivity index (χ4v) is 2.43. The lowest BCUT2D eigenvalue weighted by Gasteiger charge is -2.34. The van der Waals surface area contributed by atoms with Gasteiger partial charge in [0, 0.05) is 6.07 Å². The Kier molecular flexibility index (Phi) is 7.72. The molecule has 1 aromatic rings. The van der Waals surface area contributed by atoms with Gasteiger partial charge in [0.2, 0.25) is 0 Å². The highest BCUT2D eigenvalue weighted by molar-refractivity contribution is 5.64. The second kappa shape index (κ2) is 8.94. The van der Waals surface area contributed by atoms with Crippen LogP contribution in [-0.2, 0) is 6.42 Å². The molecular weight excluding hydrogens is 442 g/mol. The molecule has 0 heterocycles. The number of ether oxygens (including phenoxy) is 2. The first-order valence-electron chi connectivity index (χ1n) is 8.09. The Bertz CT molecular complexity index is 691. The first-order chi connectivity index (χ1) is 13.5. The van der Waals surface area contributed by atoms with Gasteiger partial charge < -0.3 is 20.1 Å². The maximum atomic E-state index is 13.6. The van der Waals surface area contributed by atoms with Gasteiger partial charge in [-0.1, -0.05) is 0 Å². The summed E-state index contributed by atoms with van der Waals surface area (Å²) < 4.78 is 140. The Morgan fingerprint density at radius 1 is 0.767 bits per heavy atom. The van der Waals surface area contributed by atoms with Gasteiger partial charge in [-0.15, -0.1) is 0 Å². The van der Waals surface area contributed by atoms with E-state index in [9.17, 15) is 43.9 Å². The maximum Gasteiger partial charge on any atom is 0.455 e. The molecule has 4 nitrogen and oxygen atoms in total. The van der Waals surface area contributed by atoms with E-state index in [-0.39, 0.29) is 24.3 Å². The van der Waals surface area contributed by atoms with Gasteiger partial charge in [0.25, 0.3) is 0 Å². The molecule has 0 saturated carbocycles. The van der Waals surface area contributed by atoms with Crippen LogP contribution in [0.5, 0.6) is 11.5 Å². The van der Waals surface area contributed by atoms with Gasteiger partial charge >= 0.3 is 24.2 Å². The largest absolute Gasteiger partial charge is 0.496 e.